The van der Waals surface area contributed by atoms with Crippen molar-refractivity contribution in [1.29, 1.82) is 0 Å². The summed E-state index contributed by atoms with van der Waals surface area (Å²) >= 11 is 3.18. The molecule has 0 saturated carbocycles. The summed E-state index contributed by atoms with van der Waals surface area (Å²) in [6.07, 6.45) is 4.42. The maximum atomic E-state index is 13.9. The molecule has 0 fully saturated rings. The third-order valence-corrected chi connectivity index (χ3v) is 4.40. The third-order valence-electron chi connectivity index (χ3n) is 3.75. The van der Waals surface area contributed by atoms with Crippen LogP contribution in [0, 0.1) is 11.6 Å². The molecule has 0 heterocycles. The van der Waals surface area contributed by atoms with Gasteiger partial charge in [-0.2, -0.15) is 0 Å². The van der Waals surface area contributed by atoms with Gasteiger partial charge in [0.1, 0.15) is 5.75 Å². The Morgan fingerprint density at radius 2 is 1.62 bits per heavy atom. The number of hydrogen-bond acceptors (Lipinski definition) is 1. The minimum absolute atomic E-state index is 0.338. The van der Waals surface area contributed by atoms with Crippen molar-refractivity contribution in [3.05, 3.63) is 58.7 Å². The van der Waals surface area contributed by atoms with E-state index in [4.69, 9.17) is 4.74 Å². The minimum atomic E-state index is -0.679. The highest BCUT2D eigenvalue weighted by Crippen LogP contribution is 2.32. The van der Waals surface area contributed by atoms with Crippen molar-refractivity contribution in [3.63, 3.8) is 0 Å². The highest BCUT2D eigenvalue weighted by Gasteiger charge is 2.15. The van der Waals surface area contributed by atoms with E-state index in [1.807, 2.05) is 12.1 Å². The lowest BCUT2D eigenvalue weighted by molar-refractivity contribution is 0.406. The van der Waals surface area contributed by atoms with Crippen LogP contribution in [0.1, 0.15) is 29.5 Å². The van der Waals surface area contributed by atoms with Gasteiger partial charge in [-0.1, -0.05) is 22.0 Å². The molecule has 1 aliphatic carbocycles. The standard InChI is InChI=1S/C17H15BrF2O/c18-10-11-7-15(19)17(16(20)8-11)21-14-6-5-12-3-1-2-4-13(12)9-14/h5-9H,1-4,10H2. The van der Waals surface area contributed by atoms with Crippen LogP contribution < -0.4 is 4.74 Å². The molecule has 0 saturated heterocycles. The predicted molar refractivity (Wildman–Crippen MR) is 82.1 cm³/mol. The summed E-state index contributed by atoms with van der Waals surface area (Å²) < 4.78 is 33.3. The van der Waals surface area contributed by atoms with Gasteiger partial charge in [0, 0.05) is 5.33 Å². The maximum absolute atomic E-state index is 13.9. The molecule has 1 nitrogen and oxygen atoms in total. The van der Waals surface area contributed by atoms with Gasteiger partial charge in [0.05, 0.1) is 0 Å². The molecule has 21 heavy (non-hydrogen) atoms. The molecule has 0 aromatic heterocycles. The van der Waals surface area contributed by atoms with Crippen LogP contribution in [0.5, 0.6) is 11.5 Å². The van der Waals surface area contributed by atoms with Crippen molar-refractivity contribution in [3.8, 4) is 11.5 Å². The van der Waals surface area contributed by atoms with E-state index in [9.17, 15) is 8.78 Å². The number of aryl methyl sites for hydroxylation is 2. The Bertz CT molecular complexity index is 647. The first-order valence-electron chi connectivity index (χ1n) is 7.01. The summed E-state index contributed by atoms with van der Waals surface area (Å²) in [5.41, 5.74) is 3.07. The summed E-state index contributed by atoms with van der Waals surface area (Å²) in [5.74, 6) is -1.21. The van der Waals surface area contributed by atoms with Gasteiger partial charge in [0.15, 0.2) is 17.4 Å². The van der Waals surface area contributed by atoms with Gasteiger partial charge in [-0.3, -0.25) is 0 Å². The number of ether oxygens (including phenoxy) is 1. The van der Waals surface area contributed by atoms with E-state index in [-0.39, 0.29) is 5.75 Å². The van der Waals surface area contributed by atoms with Crippen LogP contribution in [0.4, 0.5) is 8.78 Å². The molecule has 2 aromatic carbocycles. The fourth-order valence-corrected chi connectivity index (χ4v) is 3.00. The maximum Gasteiger partial charge on any atom is 0.198 e. The van der Waals surface area contributed by atoms with E-state index in [1.165, 1.54) is 29.7 Å². The Balaban J connectivity index is 1.90. The van der Waals surface area contributed by atoms with E-state index in [0.29, 0.717) is 16.6 Å². The first-order chi connectivity index (χ1) is 10.2. The first-order valence-corrected chi connectivity index (χ1v) is 8.13. The fraction of sp³-hybridized carbons (Fsp3) is 0.294. The Labute approximate surface area is 131 Å². The van der Waals surface area contributed by atoms with Gasteiger partial charge >= 0.3 is 0 Å². The van der Waals surface area contributed by atoms with Crippen LogP contribution in [0.15, 0.2) is 30.3 Å². The molecule has 4 heteroatoms. The zero-order chi connectivity index (χ0) is 14.8. The number of halogens is 3. The summed E-state index contributed by atoms with van der Waals surface area (Å²) in [6, 6.07) is 8.23. The van der Waals surface area contributed by atoms with E-state index in [1.54, 1.807) is 6.07 Å². The Kier molecular flexibility index (Phi) is 4.24. The smallest absolute Gasteiger partial charge is 0.198 e. The average molecular weight is 353 g/mol. The van der Waals surface area contributed by atoms with Crippen molar-refractivity contribution in [2.75, 3.05) is 0 Å². The van der Waals surface area contributed by atoms with Gasteiger partial charge in [0.25, 0.3) is 0 Å². The molecule has 0 unspecified atom stereocenters. The molecule has 0 bridgehead atoms. The molecule has 0 amide bonds. The molecule has 0 N–H and O–H groups in total. The Morgan fingerprint density at radius 1 is 0.952 bits per heavy atom. The number of alkyl halides is 1. The van der Waals surface area contributed by atoms with Crippen LogP contribution in [0.25, 0.3) is 0 Å². The zero-order valence-corrected chi connectivity index (χ0v) is 13.1. The number of hydrogen-bond donors (Lipinski definition) is 0. The zero-order valence-electron chi connectivity index (χ0n) is 11.5. The summed E-state index contributed by atoms with van der Waals surface area (Å²) in [5, 5.41) is 0.403. The second kappa shape index (κ2) is 6.14. The lowest BCUT2D eigenvalue weighted by Gasteiger charge is -2.17. The second-order valence-corrected chi connectivity index (χ2v) is 5.82. The van der Waals surface area contributed by atoms with E-state index < -0.39 is 11.6 Å². The summed E-state index contributed by atoms with van der Waals surface area (Å²) in [7, 11) is 0. The van der Waals surface area contributed by atoms with Crippen molar-refractivity contribution < 1.29 is 13.5 Å². The number of rotatable bonds is 3. The molecular weight excluding hydrogens is 338 g/mol. The van der Waals surface area contributed by atoms with Crippen molar-refractivity contribution >= 4 is 15.9 Å². The topological polar surface area (TPSA) is 9.23 Å². The third kappa shape index (κ3) is 3.10. The SMILES string of the molecule is Fc1cc(CBr)cc(F)c1Oc1ccc2c(c1)CCCC2. The second-order valence-electron chi connectivity index (χ2n) is 5.26. The number of benzene rings is 2. The Hall–Kier alpha value is -1.42. The average Bonchev–Trinajstić information content (AvgIpc) is 2.50. The molecule has 2 aromatic rings. The van der Waals surface area contributed by atoms with Crippen LogP contribution in [0.2, 0.25) is 0 Å². The fourth-order valence-electron chi connectivity index (χ4n) is 2.68. The van der Waals surface area contributed by atoms with Gasteiger partial charge in [-0.15, -0.1) is 0 Å². The predicted octanol–water partition coefficient (Wildman–Crippen LogP) is 5.53. The highest BCUT2D eigenvalue weighted by molar-refractivity contribution is 9.08. The van der Waals surface area contributed by atoms with E-state index in [0.717, 1.165) is 19.3 Å². The van der Waals surface area contributed by atoms with Gasteiger partial charge in [-0.25, -0.2) is 8.78 Å². The lowest BCUT2D eigenvalue weighted by Crippen LogP contribution is -2.03. The highest BCUT2D eigenvalue weighted by atomic mass is 79.9. The molecule has 0 radical (unpaired) electrons. The van der Waals surface area contributed by atoms with Crippen molar-refractivity contribution in [2.24, 2.45) is 0 Å². The van der Waals surface area contributed by atoms with E-state index in [2.05, 4.69) is 15.9 Å². The van der Waals surface area contributed by atoms with Crippen molar-refractivity contribution in [2.45, 2.75) is 31.0 Å². The molecule has 0 spiro atoms. The monoisotopic (exact) mass is 352 g/mol. The van der Waals surface area contributed by atoms with Crippen LogP contribution >= 0.6 is 15.9 Å². The van der Waals surface area contributed by atoms with Crippen LogP contribution in [0.3, 0.4) is 0 Å². The number of fused-ring (bicyclic) bond motifs is 1. The van der Waals surface area contributed by atoms with Crippen LogP contribution in [-0.2, 0) is 18.2 Å². The van der Waals surface area contributed by atoms with Gasteiger partial charge < -0.3 is 4.74 Å². The molecule has 0 aliphatic heterocycles. The normalized spacial score (nSPS) is 13.9. The van der Waals surface area contributed by atoms with Gasteiger partial charge in [0.2, 0.25) is 0 Å². The summed E-state index contributed by atoms with van der Waals surface area (Å²) in [4.78, 5) is 0. The molecule has 3 rings (SSSR count). The molecule has 0 atom stereocenters. The first kappa shape index (κ1) is 14.5. The quantitative estimate of drug-likeness (QED) is 0.659. The van der Waals surface area contributed by atoms with Crippen molar-refractivity contribution in [1.82, 2.24) is 0 Å². The Morgan fingerprint density at radius 3 is 2.29 bits per heavy atom. The van der Waals surface area contributed by atoms with E-state index >= 15 is 0 Å². The molecule has 1 aliphatic rings. The summed E-state index contributed by atoms with van der Waals surface area (Å²) in [6.45, 7) is 0. The van der Waals surface area contributed by atoms with Crippen LogP contribution in [-0.4, -0.2) is 0 Å². The largest absolute Gasteiger partial charge is 0.451 e. The lowest BCUT2D eigenvalue weighted by atomic mass is 9.92. The molecular formula is C17H15BrF2O. The minimum Gasteiger partial charge on any atom is -0.451 e. The molecule has 110 valence electrons. The van der Waals surface area contributed by atoms with Gasteiger partial charge in [-0.05, 0) is 66.6 Å².